The van der Waals surface area contributed by atoms with Crippen LogP contribution in [-0.2, 0) is 4.79 Å². The van der Waals surface area contributed by atoms with Crippen LogP contribution < -0.4 is 0 Å². The highest BCUT2D eigenvalue weighted by atomic mass is 16.4. The maximum atomic E-state index is 10.3. The number of carboxylic acids is 1. The summed E-state index contributed by atoms with van der Waals surface area (Å²) in [5.74, 6) is -1.27. The fraction of sp³-hybridized carbons (Fsp3) is 0.667. The van der Waals surface area contributed by atoms with Gasteiger partial charge in [-0.1, -0.05) is 6.92 Å². The van der Waals surface area contributed by atoms with Gasteiger partial charge in [0.25, 0.3) is 0 Å². The largest absolute Gasteiger partial charge is 0.481 e. The second-order valence-corrected chi connectivity index (χ2v) is 1.98. The van der Waals surface area contributed by atoms with Crippen molar-refractivity contribution in [2.45, 2.75) is 19.8 Å². The molecule has 4 heteroatoms. The first-order valence-corrected chi connectivity index (χ1v) is 3.11. The Morgan fingerprint density at radius 3 is 2.70 bits per heavy atom. The lowest BCUT2D eigenvalue weighted by Crippen LogP contribution is -2.12. The van der Waals surface area contributed by atoms with Gasteiger partial charge in [0, 0.05) is 6.21 Å². The zero-order valence-electron chi connectivity index (χ0n) is 5.82. The molecule has 0 heterocycles. The Kier molecular flexibility index (Phi) is 4.28. The van der Waals surface area contributed by atoms with Gasteiger partial charge in [0.15, 0.2) is 0 Å². The predicted molar refractivity (Wildman–Crippen MR) is 36.3 cm³/mol. The molecule has 58 valence electrons. The van der Waals surface area contributed by atoms with E-state index < -0.39 is 11.9 Å². The van der Waals surface area contributed by atoms with Gasteiger partial charge in [0.1, 0.15) is 0 Å². The first kappa shape index (κ1) is 8.94. The molecule has 0 amide bonds. The smallest absolute Gasteiger partial charge is 0.306 e. The van der Waals surface area contributed by atoms with Gasteiger partial charge in [-0.2, -0.15) is 0 Å². The average molecular weight is 145 g/mol. The minimum atomic E-state index is -0.845. The van der Waals surface area contributed by atoms with E-state index in [-0.39, 0.29) is 0 Å². The van der Waals surface area contributed by atoms with Crippen molar-refractivity contribution in [1.29, 1.82) is 0 Å². The number of hydrogen-bond acceptors (Lipinski definition) is 3. The van der Waals surface area contributed by atoms with Gasteiger partial charge in [-0.15, -0.1) is 5.16 Å². The Morgan fingerprint density at radius 2 is 2.40 bits per heavy atom. The standard InChI is InChI=1S/C6H11NO3/c1-2-5(6(8)9)3-4-7-10/h4-5,10H,2-3H2,1H3,(H,8,9)/b7-4+. The van der Waals surface area contributed by atoms with Crippen LogP contribution in [0.4, 0.5) is 0 Å². The molecule has 0 aromatic rings. The van der Waals surface area contributed by atoms with E-state index in [9.17, 15) is 4.79 Å². The molecule has 0 aliphatic rings. The number of hydrogen-bond donors (Lipinski definition) is 2. The molecule has 0 spiro atoms. The summed E-state index contributed by atoms with van der Waals surface area (Å²) in [5.41, 5.74) is 0. The number of rotatable bonds is 4. The topological polar surface area (TPSA) is 69.9 Å². The van der Waals surface area contributed by atoms with E-state index >= 15 is 0 Å². The van der Waals surface area contributed by atoms with E-state index in [1.54, 1.807) is 6.92 Å². The quantitative estimate of drug-likeness (QED) is 0.351. The van der Waals surface area contributed by atoms with Gasteiger partial charge < -0.3 is 10.3 Å². The van der Waals surface area contributed by atoms with Crippen LogP contribution in [0.5, 0.6) is 0 Å². The summed E-state index contributed by atoms with van der Waals surface area (Å²) in [5, 5.41) is 19.1. The molecule has 0 aromatic heterocycles. The highest BCUT2D eigenvalue weighted by Crippen LogP contribution is 2.05. The molecule has 1 atom stereocenters. The van der Waals surface area contributed by atoms with Gasteiger partial charge in [0.2, 0.25) is 0 Å². The molecule has 0 fully saturated rings. The molecule has 0 aliphatic heterocycles. The van der Waals surface area contributed by atoms with Crippen molar-refractivity contribution in [1.82, 2.24) is 0 Å². The number of aliphatic carboxylic acids is 1. The Labute approximate surface area is 59.2 Å². The molecular formula is C6H11NO3. The summed E-state index contributed by atoms with van der Waals surface area (Å²) in [6, 6.07) is 0. The molecule has 0 saturated heterocycles. The molecule has 0 bridgehead atoms. The maximum absolute atomic E-state index is 10.3. The average Bonchev–Trinajstić information content (AvgIpc) is 1.89. The van der Waals surface area contributed by atoms with E-state index in [4.69, 9.17) is 10.3 Å². The zero-order chi connectivity index (χ0) is 7.98. The molecule has 0 aliphatic carbocycles. The SMILES string of the molecule is CCC(C/C=N/O)C(=O)O. The van der Waals surface area contributed by atoms with Crippen LogP contribution in [0.3, 0.4) is 0 Å². The number of nitrogens with zero attached hydrogens (tertiary/aromatic N) is 1. The summed E-state index contributed by atoms with van der Waals surface area (Å²) in [4.78, 5) is 10.3. The molecule has 4 nitrogen and oxygen atoms in total. The number of carboxylic acid groups (broad SMARTS) is 1. The predicted octanol–water partition coefficient (Wildman–Crippen LogP) is 0.947. The second kappa shape index (κ2) is 4.78. The van der Waals surface area contributed by atoms with Crippen LogP contribution >= 0.6 is 0 Å². The van der Waals surface area contributed by atoms with E-state index in [2.05, 4.69) is 5.16 Å². The minimum Gasteiger partial charge on any atom is -0.481 e. The Balaban J connectivity index is 3.71. The van der Waals surface area contributed by atoms with Crippen LogP contribution in [0, 0.1) is 5.92 Å². The fourth-order valence-corrected chi connectivity index (χ4v) is 0.616. The Hall–Kier alpha value is -1.06. The van der Waals surface area contributed by atoms with Gasteiger partial charge >= 0.3 is 5.97 Å². The summed E-state index contributed by atoms with van der Waals surface area (Å²) < 4.78 is 0. The van der Waals surface area contributed by atoms with Crippen molar-refractivity contribution < 1.29 is 15.1 Å². The van der Waals surface area contributed by atoms with Gasteiger partial charge in [0.05, 0.1) is 5.92 Å². The number of oxime groups is 1. The monoisotopic (exact) mass is 145 g/mol. The molecule has 0 saturated carbocycles. The highest BCUT2D eigenvalue weighted by molar-refractivity contribution is 5.74. The zero-order valence-corrected chi connectivity index (χ0v) is 5.82. The van der Waals surface area contributed by atoms with Crippen molar-refractivity contribution in [3.63, 3.8) is 0 Å². The van der Waals surface area contributed by atoms with Crippen molar-refractivity contribution in [3.05, 3.63) is 0 Å². The fourth-order valence-electron chi connectivity index (χ4n) is 0.616. The summed E-state index contributed by atoms with van der Waals surface area (Å²) in [6.45, 7) is 1.78. The normalized spacial score (nSPS) is 13.7. The molecule has 0 rings (SSSR count). The van der Waals surface area contributed by atoms with Crippen molar-refractivity contribution in [2.24, 2.45) is 11.1 Å². The highest BCUT2D eigenvalue weighted by Gasteiger charge is 2.12. The molecule has 0 radical (unpaired) electrons. The molecule has 0 aromatic carbocycles. The van der Waals surface area contributed by atoms with Crippen LogP contribution in [-0.4, -0.2) is 22.5 Å². The van der Waals surface area contributed by atoms with E-state index in [1.807, 2.05) is 0 Å². The lowest BCUT2D eigenvalue weighted by atomic mass is 10.0. The van der Waals surface area contributed by atoms with E-state index in [0.717, 1.165) is 0 Å². The summed E-state index contributed by atoms with van der Waals surface area (Å²) >= 11 is 0. The first-order valence-electron chi connectivity index (χ1n) is 3.11. The Morgan fingerprint density at radius 1 is 1.80 bits per heavy atom. The lowest BCUT2D eigenvalue weighted by Gasteiger charge is -2.03. The van der Waals surface area contributed by atoms with Crippen LogP contribution in [0.1, 0.15) is 19.8 Å². The second-order valence-electron chi connectivity index (χ2n) is 1.98. The third-order valence-corrected chi connectivity index (χ3v) is 1.31. The molecule has 2 N–H and O–H groups in total. The van der Waals surface area contributed by atoms with Crippen LogP contribution in [0.25, 0.3) is 0 Å². The van der Waals surface area contributed by atoms with Crippen LogP contribution in [0.2, 0.25) is 0 Å². The molecule has 1 unspecified atom stereocenters. The first-order chi connectivity index (χ1) is 4.72. The van der Waals surface area contributed by atoms with Gasteiger partial charge in [-0.25, -0.2) is 0 Å². The van der Waals surface area contributed by atoms with Gasteiger partial charge in [-0.05, 0) is 12.8 Å². The number of carbonyl (C=O) groups is 1. The Bertz CT molecular complexity index is 133. The maximum Gasteiger partial charge on any atom is 0.306 e. The van der Waals surface area contributed by atoms with Crippen LogP contribution in [0.15, 0.2) is 5.16 Å². The summed E-state index contributed by atoms with van der Waals surface area (Å²) in [6.07, 6.45) is 2.05. The van der Waals surface area contributed by atoms with Gasteiger partial charge in [-0.3, -0.25) is 4.79 Å². The van der Waals surface area contributed by atoms with Crippen molar-refractivity contribution in [2.75, 3.05) is 0 Å². The summed E-state index contributed by atoms with van der Waals surface area (Å²) in [7, 11) is 0. The molecule has 10 heavy (non-hydrogen) atoms. The van der Waals surface area contributed by atoms with E-state index in [1.165, 1.54) is 6.21 Å². The molecular weight excluding hydrogens is 134 g/mol. The minimum absolute atomic E-state index is 0.294. The third-order valence-electron chi connectivity index (χ3n) is 1.31. The van der Waals surface area contributed by atoms with Crippen molar-refractivity contribution >= 4 is 12.2 Å². The third kappa shape index (κ3) is 3.06. The van der Waals surface area contributed by atoms with E-state index in [0.29, 0.717) is 12.8 Å². The van der Waals surface area contributed by atoms with Crippen molar-refractivity contribution in [3.8, 4) is 0 Å². The lowest BCUT2D eigenvalue weighted by molar-refractivity contribution is -0.141.